The van der Waals surface area contributed by atoms with Crippen molar-refractivity contribution in [3.8, 4) is 45.3 Å². The van der Waals surface area contributed by atoms with Gasteiger partial charge in [0.05, 0.1) is 18.3 Å². The van der Waals surface area contributed by atoms with Gasteiger partial charge in [0, 0.05) is 17.8 Å². The predicted octanol–water partition coefficient (Wildman–Crippen LogP) is 11.6. The highest BCUT2D eigenvalue weighted by atomic mass is 19.1. The summed E-state index contributed by atoms with van der Waals surface area (Å²) < 4.78 is 25.7. The molecule has 0 aliphatic carbocycles. The number of aliphatic imine (C=N–C) groups is 1. The second-order valence-corrected chi connectivity index (χ2v) is 15.3. The first-order valence-electron chi connectivity index (χ1n) is 20.6. The van der Waals surface area contributed by atoms with Gasteiger partial charge in [0.25, 0.3) is 0 Å². The highest BCUT2D eigenvalue weighted by Gasteiger charge is 2.19. The van der Waals surface area contributed by atoms with Crippen LogP contribution in [0.4, 0.5) is 4.39 Å². The molecule has 7 aromatic rings. The number of rotatable bonds is 12. The predicted molar refractivity (Wildman–Crippen MR) is 240 cm³/mol. The molecule has 0 unspecified atom stereocenters. The number of H-pyrrole nitrogens is 1. The zero-order valence-electron chi connectivity index (χ0n) is 34.2. The molecule has 11 heteroatoms. The van der Waals surface area contributed by atoms with E-state index in [0.29, 0.717) is 29.4 Å². The van der Waals surface area contributed by atoms with Gasteiger partial charge < -0.3 is 24.6 Å². The van der Waals surface area contributed by atoms with Crippen LogP contribution in [0.5, 0.6) is 23.0 Å². The zero-order chi connectivity index (χ0) is 43.0. The summed E-state index contributed by atoms with van der Waals surface area (Å²) in [4.78, 5) is 30.5. The maximum Gasteiger partial charge on any atom is 0.339 e. The van der Waals surface area contributed by atoms with Crippen LogP contribution in [0.3, 0.4) is 0 Å². The number of carboxylic acid groups (broad SMARTS) is 2. The van der Waals surface area contributed by atoms with Gasteiger partial charge in [-0.25, -0.2) is 9.59 Å². The monoisotopic (exact) mass is 828 g/mol. The molecule has 0 atom stereocenters. The lowest BCUT2D eigenvalue weighted by molar-refractivity contribution is 0.0683. The Kier molecular flexibility index (Phi) is 12.6. The smallest absolute Gasteiger partial charge is 0.339 e. The van der Waals surface area contributed by atoms with Crippen molar-refractivity contribution in [3.63, 3.8) is 0 Å². The van der Waals surface area contributed by atoms with E-state index in [9.17, 15) is 24.2 Å². The van der Waals surface area contributed by atoms with Crippen LogP contribution in [0.2, 0.25) is 0 Å². The number of benzene rings is 6. The van der Waals surface area contributed by atoms with Gasteiger partial charge >= 0.3 is 11.9 Å². The van der Waals surface area contributed by atoms with Gasteiger partial charge in [-0.15, -0.1) is 0 Å². The summed E-state index contributed by atoms with van der Waals surface area (Å²) in [7, 11) is 0. The Morgan fingerprint density at radius 1 is 0.694 bits per heavy atom. The summed E-state index contributed by atoms with van der Waals surface area (Å²) in [6, 6.07) is 39.6. The van der Waals surface area contributed by atoms with Gasteiger partial charge in [-0.3, -0.25) is 10.1 Å². The number of halogens is 1. The standard InChI is InChI=1S/C29H28FN3O3.C22H17NO3/c30-28-26(19-31-32-28)23-11-12-27(25(18-23)29(34)35)36-24-6-4-5-22(17-24)21-9-7-20(8-10-21)13-16-33-14-2-1-3-15-33;1-14-19(10-11-23-14)17-7-9-21(20(13-17)22(24)25)26-18-8-6-15-4-2-3-5-16(15)12-18/h4-12,17-19H,1-3,13-16H2,(H,31,32)(H,34,35);2-10,12-13H,11H2,1H3,(H,24,25). The molecule has 0 bridgehead atoms. The summed E-state index contributed by atoms with van der Waals surface area (Å²) in [5, 5.41) is 27.4. The van der Waals surface area contributed by atoms with Gasteiger partial charge in [-0.2, -0.15) is 9.49 Å². The number of carbonyl (C=O) groups is 2. The van der Waals surface area contributed by atoms with Gasteiger partial charge in [0.15, 0.2) is 0 Å². The lowest BCUT2D eigenvalue weighted by Gasteiger charge is -2.26. The molecule has 2 aliphatic heterocycles. The number of nitrogens with zero attached hydrogens (tertiary/aromatic N) is 3. The van der Waals surface area contributed by atoms with Crippen molar-refractivity contribution in [1.29, 1.82) is 0 Å². The fourth-order valence-corrected chi connectivity index (χ4v) is 7.77. The largest absolute Gasteiger partial charge is 0.478 e. The number of nitrogens with one attached hydrogen (secondary N) is 1. The topological polar surface area (TPSA) is 137 Å². The SMILES string of the molecule is CC1=NCC=C1c1ccc(Oc2ccc3ccccc3c2)c(C(=O)O)c1.O=C(O)c1cc(-c2cn[nH]c2F)ccc1Oc1cccc(-c2ccc(CCN3CCCCC3)cc2)c1. The Hall–Kier alpha value is -7.37. The summed E-state index contributed by atoms with van der Waals surface area (Å²) in [6.07, 6.45) is 8.32. The molecule has 0 saturated carbocycles. The molecule has 0 radical (unpaired) electrons. The third-order valence-electron chi connectivity index (χ3n) is 11.1. The minimum absolute atomic E-state index is 0.0587. The Bertz CT molecular complexity index is 2810. The first kappa shape index (κ1) is 41.4. The number of likely N-dealkylation sites (tertiary alicyclic amines) is 1. The van der Waals surface area contributed by atoms with E-state index in [2.05, 4.69) is 44.4 Å². The van der Waals surface area contributed by atoms with E-state index < -0.39 is 17.9 Å². The Labute approximate surface area is 358 Å². The summed E-state index contributed by atoms with van der Waals surface area (Å²) in [5.74, 6) is -1.17. The van der Waals surface area contributed by atoms with Crippen LogP contribution >= 0.6 is 0 Å². The van der Waals surface area contributed by atoms with Gasteiger partial charge in [-0.05, 0) is 126 Å². The molecule has 6 aromatic carbocycles. The third kappa shape index (κ3) is 9.80. The van der Waals surface area contributed by atoms with Crippen LogP contribution in [0.1, 0.15) is 58.0 Å². The highest BCUT2D eigenvalue weighted by molar-refractivity contribution is 6.24. The zero-order valence-corrected chi connectivity index (χ0v) is 34.2. The van der Waals surface area contributed by atoms with Crippen molar-refractivity contribution in [2.45, 2.75) is 32.6 Å². The molecule has 3 heterocycles. The van der Waals surface area contributed by atoms with E-state index in [-0.39, 0.29) is 22.4 Å². The molecular weight excluding hydrogens is 784 g/mol. The lowest BCUT2D eigenvalue weighted by atomic mass is 10.00. The number of aromatic amines is 1. The summed E-state index contributed by atoms with van der Waals surface area (Å²) in [6.45, 7) is 6.08. The number of hydrogen-bond donors (Lipinski definition) is 3. The molecule has 9 rings (SSSR count). The molecule has 1 fully saturated rings. The minimum Gasteiger partial charge on any atom is -0.478 e. The second-order valence-electron chi connectivity index (χ2n) is 15.3. The number of hydrogen-bond acceptors (Lipinski definition) is 7. The number of piperidine rings is 1. The van der Waals surface area contributed by atoms with Crippen LogP contribution in [-0.4, -0.2) is 69.1 Å². The van der Waals surface area contributed by atoms with Crippen LogP contribution in [-0.2, 0) is 6.42 Å². The average molecular weight is 829 g/mol. The molecule has 0 amide bonds. The fourth-order valence-electron chi connectivity index (χ4n) is 7.77. The lowest BCUT2D eigenvalue weighted by Crippen LogP contribution is -2.31. The molecule has 62 heavy (non-hydrogen) atoms. The first-order valence-corrected chi connectivity index (χ1v) is 20.6. The van der Waals surface area contributed by atoms with E-state index in [1.807, 2.05) is 79.7 Å². The van der Waals surface area contributed by atoms with Crippen molar-refractivity contribution in [2.75, 3.05) is 26.2 Å². The van der Waals surface area contributed by atoms with Crippen molar-refractivity contribution in [3.05, 3.63) is 168 Å². The third-order valence-corrected chi connectivity index (χ3v) is 11.1. The van der Waals surface area contributed by atoms with Gasteiger partial charge in [0.1, 0.15) is 34.1 Å². The summed E-state index contributed by atoms with van der Waals surface area (Å²) >= 11 is 0. The van der Waals surface area contributed by atoms with Crippen LogP contribution in [0, 0.1) is 5.95 Å². The van der Waals surface area contributed by atoms with Gasteiger partial charge in [0.2, 0.25) is 5.95 Å². The highest BCUT2D eigenvalue weighted by Crippen LogP contribution is 2.34. The number of ether oxygens (including phenoxy) is 2. The van der Waals surface area contributed by atoms with Crippen molar-refractivity contribution in [1.82, 2.24) is 15.1 Å². The molecule has 2 aliphatic rings. The van der Waals surface area contributed by atoms with Crippen LogP contribution in [0.15, 0.2) is 145 Å². The molecular formula is C51H45FN4O6. The normalized spacial score (nSPS) is 13.8. The maximum atomic E-state index is 13.9. The first-order chi connectivity index (χ1) is 30.2. The Morgan fingerprint density at radius 3 is 2.02 bits per heavy atom. The molecule has 0 spiro atoms. The van der Waals surface area contributed by atoms with Crippen molar-refractivity contribution in [2.24, 2.45) is 4.99 Å². The van der Waals surface area contributed by atoms with E-state index in [4.69, 9.17) is 9.47 Å². The number of allylic oxidation sites excluding steroid dienone is 1. The van der Waals surface area contributed by atoms with Crippen molar-refractivity contribution >= 4 is 34.0 Å². The molecule has 1 saturated heterocycles. The number of aromatic nitrogens is 2. The Balaban J connectivity index is 0.000000180. The number of aromatic carboxylic acids is 2. The molecule has 1 aromatic heterocycles. The quantitative estimate of drug-likeness (QED) is 0.111. The van der Waals surface area contributed by atoms with E-state index >= 15 is 0 Å². The fraction of sp³-hybridized carbons (Fsp3) is 0.176. The average Bonchev–Trinajstić information content (AvgIpc) is 3.94. The van der Waals surface area contributed by atoms with Crippen molar-refractivity contribution < 1.29 is 33.7 Å². The second kappa shape index (κ2) is 18.9. The van der Waals surface area contributed by atoms with E-state index in [0.717, 1.165) is 51.7 Å². The van der Waals surface area contributed by atoms with Crippen LogP contribution in [0.25, 0.3) is 38.6 Å². The number of fused-ring (bicyclic) bond motifs is 1. The van der Waals surface area contributed by atoms with E-state index in [1.165, 1.54) is 56.2 Å². The van der Waals surface area contributed by atoms with Gasteiger partial charge in [-0.1, -0.05) is 91.4 Å². The number of carboxylic acids is 2. The minimum atomic E-state index is -1.16. The Morgan fingerprint density at radius 2 is 1.35 bits per heavy atom. The summed E-state index contributed by atoms with van der Waals surface area (Å²) in [5.41, 5.74) is 6.77. The maximum absolute atomic E-state index is 13.9. The van der Waals surface area contributed by atoms with E-state index in [1.54, 1.807) is 24.3 Å². The molecule has 10 nitrogen and oxygen atoms in total. The molecule has 3 N–H and O–H groups in total. The van der Waals surface area contributed by atoms with Crippen LogP contribution < -0.4 is 9.47 Å². The molecule has 312 valence electrons.